The fourth-order valence-corrected chi connectivity index (χ4v) is 5.72. The van der Waals surface area contributed by atoms with E-state index in [0.717, 1.165) is 38.9 Å². The SMILES string of the molecule is COc1cc(OC)c(CNC(=O)[C@H]2Cc3c([nH]c4ccccc34)[C@H](c3ccc(-c4ccccc4)cc3)N2)c(OC)c1. The number of H-pyrrole nitrogens is 1. The number of methoxy groups -OCH3 is 3. The van der Waals surface area contributed by atoms with Crippen LogP contribution in [-0.2, 0) is 17.8 Å². The zero-order chi connectivity index (χ0) is 28.3. The van der Waals surface area contributed by atoms with Crippen molar-refractivity contribution in [1.82, 2.24) is 15.6 Å². The molecule has 0 unspecified atom stereocenters. The van der Waals surface area contributed by atoms with Crippen LogP contribution in [-0.4, -0.2) is 38.3 Å². The van der Waals surface area contributed by atoms with Crippen LogP contribution in [0.15, 0.2) is 91.0 Å². The average Bonchev–Trinajstić information content (AvgIpc) is 3.42. The van der Waals surface area contributed by atoms with Crippen LogP contribution in [0.1, 0.15) is 28.4 Å². The van der Waals surface area contributed by atoms with Gasteiger partial charge in [-0.1, -0.05) is 72.8 Å². The molecule has 1 aliphatic heterocycles. The molecule has 2 atom stereocenters. The minimum atomic E-state index is -0.434. The number of hydrogen-bond donors (Lipinski definition) is 3. The molecular weight excluding hydrogens is 514 g/mol. The second-order valence-electron chi connectivity index (χ2n) is 10.1. The summed E-state index contributed by atoms with van der Waals surface area (Å²) < 4.78 is 16.5. The van der Waals surface area contributed by atoms with Crippen LogP contribution in [0.5, 0.6) is 17.2 Å². The van der Waals surface area contributed by atoms with Gasteiger partial charge in [-0.2, -0.15) is 0 Å². The third-order valence-electron chi connectivity index (χ3n) is 7.84. The first-order chi connectivity index (χ1) is 20.1. The average molecular weight is 548 g/mol. The monoisotopic (exact) mass is 547 g/mol. The summed E-state index contributed by atoms with van der Waals surface area (Å²) in [6, 6.07) is 30.1. The first-order valence-electron chi connectivity index (χ1n) is 13.7. The molecule has 5 aromatic rings. The summed E-state index contributed by atoms with van der Waals surface area (Å²) in [5.41, 5.74) is 7.49. The number of aromatic amines is 1. The molecule has 0 aliphatic carbocycles. The number of amides is 1. The number of rotatable bonds is 8. The molecule has 4 aromatic carbocycles. The molecular formula is C34H33N3O4. The van der Waals surface area contributed by atoms with Crippen molar-refractivity contribution in [3.05, 3.63) is 113 Å². The van der Waals surface area contributed by atoms with E-state index >= 15 is 0 Å². The highest BCUT2D eigenvalue weighted by molar-refractivity contribution is 5.88. The van der Waals surface area contributed by atoms with Crippen LogP contribution in [0.3, 0.4) is 0 Å². The summed E-state index contributed by atoms with van der Waals surface area (Å²) in [5.74, 6) is 1.71. The van der Waals surface area contributed by atoms with Crippen LogP contribution < -0.4 is 24.8 Å². The Balaban J connectivity index is 1.29. The smallest absolute Gasteiger partial charge is 0.237 e. The molecule has 0 bridgehead atoms. The first-order valence-corrected chi connectivity index (χ1v) is 13.7. The predicted molar refractivity (Wildman–Crippen MR) is 161 cm³/mol. The van der Waals surface area contributed by atoms with E-state index < -0.39 is 6.04 Å². The quantitative estimate of drug-likeness (QED) is 0.229. The Morgan fingerprint density at radius 2 is 1.49 bits per heavy atom. The highest BCUT2D eigenvalue weighted by atomic mass is 16.5. The number of carbonyl (C=O) groups excluding carboxylic acids is 1. The lowest BCUT2D eigenvalue weighted by Crippen LogP contribution is -2.49. The molecule has 0 saturated carbocycles. The third kappa shape index (κ3) is 5.12. The van der Waals surface area contributed by atoms with Crippen LogP contribution in [0.2, 0.25) is 0 Å². The minimum absolute atomic E-state index is 0.0910. The van der Waals surface area contributed by atoms with Gasteiger partial charge in [0.1, 0.15) is 17.2 Å². The zero-order valence-electron chi connectivity index (χ0n) is 23.4. The van der Waals surface area contributed by atoms with E-state index in [2.05, 4.69) is 64.1 Å². The normalized spacial score (nSPS) is 16.2. The van der Waals surface area contributed by atoms with Crippen molar-refractivity contribution in [2.24, 2.45) is 0 Å². The van der Waals surface area contributed by atoms with Gasteiger partial charge in [-0.3, -0.25) is 10.1 Å². The van der Waals surface area contributed by atoms with E-state index in [9.17, 15) is 4.79 Å². The maximum absolute atomic E-state index is 13.7. The zero-order valence-corrected chi connectivity index (χ0v) is 23.4. The summed E-state index contributed by atoms with van der Waals surface area (Å²) in [6.07, 6.45) is 0.570. The van der Waals surface area contributed by atoms with Crippen molar-refractivity contribution in [3.8, 4) is 28.4 Å². The van der Waals surface area contributed by atoms with Crippen molar-refractivity contribution >= 4 is 16.8 Å². The number of benzene rings is 4. The van der Waals surface area contributed by atoms with Gasteiger partial charge < -0.3 is 24.5 Å². The van der Waals surface area contributed by atoms with E-state index in [0.29, 0.717) is 23.7 Å². The molecule has 1 amide bonds. The Kier molecular flexibility index (Phi) is 7.35. The van der Waals surface area contributed by atoms with Crippen molar-refractivity contribution in [3.63, 3.8) is 0 Å². The van der Waals surface area contributed by atoms with Crippen molar-refractivity contribution in [2.75, 3.05) is 21.3 Å². The summed E-state index contributed by atoms with van der Waals surface area (Å²) in [7, 11) is 4.78. The fraction of sp³-hybridized carbons (Fsp3) is 0.206. The lowest BCUT2D eigenvalue weighted by molar-refractivity contribution is -0.123. The van der Waals surface area contributed by atoms with Gasteiger partial charge in [0.2, 0.25) is 5.91 Å². The lowest BCUT2D eigenvalue weighted by Gasteiger charge is -2.31. The Morgan fingerprint density at radius 3 is 2.17 bits per heavy atom. The Hall–Kier alpha value is -4.75. The van der Waals surface area contributed by atoms with E-state index in [1.807, 2.05) is 30.3 Å². The molecule has 7 nitrogen and oxygen atoms in total. The van der Waals surface area contributed by atoms with Crippen LogP contribution >= 0.6 is 0 Å². The van der Waals surface area contributed by atoms with Crippen molar-refractivity contribution in [1.29, 1.82) is 0 Å². The number of hydrogen-bond acceptors (Lipinski definition) is 5. The van der Waals surface area contributed by atoms with Gasteiger partial charge in [0.25, 0.3) is 0 Å². The molecule has 0 radical (unpaired) electrons. The number of para-hydroxylation sites is 1. The standard InChI is InChI=1S/C34H33N3O4/c1-39-24-17-30(40-2)27(31(18-24)41-3)20-35-34(38)29-19-26-25-11-7-8-12-28(25)36-33(26)32(37-29)23-15-13-22(14-16-23)21-9-5-4-6-10-21/h4-18,29,32,36-37H,19-20H2,1-3H3,(H,35,38)/t29-,32+/m1/s1. The molecule has 1 aromatic heterocycles. The van der Waals surface area contributed by atoms with Gasteiger partial charge in [0, 0.05) is 28.7 Å². The number of fused-ring (bicyclic) bond motifs is 3. The van der Waals surface area contributed by atoms with Crippen LogP contribution in [0.4, 0.5) is 0 Å². The topological polar surface area (TPSA) is 84.6 Å². The summed E-state index contributed by atoms with van der Waals surface area (Å²) in [4.78, 5) is 17.3. The first kappa shape index (κ1) is 26.5. The van der Waals surface area contributed by atoms with Gasteiger partial charge in [0.05, 0.1) is 45.5 Å². The maximum Gasteiger partial charge on any atom is 0.237 e. The van der Waals surface area contributed by atoms with Gasteiger partial charge >= 0.3 is 0 Å². The fourth-order valence-electron chi connectivity index (χ4n) is 5.72. The molecule has 0 saturated heterocycles. The van der Waals surface area contributed by atoms with E-state index in [1.165, 1.54) is 5.56 Å². The highest BCUT2D eigenvalue weighted by Crippen LogP contribution is 2.37. The molecule has 3 N–H and O–H groups in total. The molecule has 0 fully saturated rings. The van der Waals surface area contributed by atoms with E-state index in [-0.39, 0.29) is 18.5 Å². The Bertz CT molecular complexity index is 1650. The number of carbonyl (C=O) groups is 1. The Morgan fingerprint density at radius 1 is 0.829 bits per heavy atom. The van der Waals surface area contributed by atoms with Crippen molar-refractivity contribution < 1.29 is 19.0 Å². The number of nitrogens with one attached hydrogen (secondary N) is 3. The number of aromatic nitrogens is 1. The molecule has 0 spiro atoms. The minimum Gasteiger partial charge on any atom is -0.496 e. The second-order valence-corrected chi connectivity index (χ2v) is 10.1. The van der Waals surface area contributed by atoms with Gasteiger partial charge in [0.15, 0.2) is 0 Å². The molecule has 208 valence electrons. The van der Waals surface area contributed by atoms with Gasteiger partial charge in [-0.25, -0.2) is 0 Å². The summed E-state index contributed by atoms with van der Waals surface area (Å²) in [6.45, 7) is 0.254. The van der Waals surface area contributed by atoms with Gasteiger partial charge in [-0.15, -0.1) is 0 Å². The van der Waals surface area contributed by atoms with E-state index in [4.69, 9.17) is 14.2 Å². The predicted octanol–water partition coefficient (Wildman–Crippen LogP) is 5.78. The van der Waals surface area contributed by atoms with E-state index in [1.54, 1.807) is 33.5 Å². The molecule has 1 aliphatic rings. The van der Waals surface area contributed by atoms with Crippen LogP contribution in [0, 0.1) is 0 Å². The largest absolute Gasteiger partial charge is 0.496 e. The Labute approximate surface area is 239 Å². The molecule has 41 heavy (non-hydrogen) atoms. The second kappa shape index (κ2) is 11.4. The number of ether oxygens (including phenoxy) is 3. The highest BCUT2D eigenvalue weighted by Gasteiger charge is 2.34. The molecule has 7 heteroatoms. The van der Waals surface area contributed by atoms with Crippen molar-refractivity contribution in [2.45, 2.75) is 25.0 Å². The molecule has 6 rings (SSSR count). The van der Waals surface area contributed by atoms with Gasteiger partial charge in [-0.05, 0) is 34.7 Å². The third-order valence-corrected chi connectivity index (χ3v) is 7.84. The lowest BCUT2D eigenvalue weighted by atomic mass is 9.89. The maximum atomic E-state index is 13.7. The molecule has 2 heterocycles. The summed E-state index contributed by atoms with van der Waals surface area (Å²) >= 11 is 0. The summed E-state index contributed by atoms with van der Waals surface area (Å²) in [5, 5.41) is 7.89. The van der Waals surface area contributed by atoms with Crippen LogP contribution in [0.25, 0.3) is 22.0 Å².